The number of pyridine rings is 1. The summed E-state index contributed by atoms with van der Waals surface area (Å²) < 4.78 is 5.55. The molecule has 0 radical (unpaired) electrons. The molecular formula is C24H27N3O3. The van der Waals surface area contributed by atoms with E-state index in [0.29, 0.717) is 24.1 Å². The molecule has 0 spiro atoms. The van der Waals surface area contributed by atoms with E-state index < -0.39 is 5.63 Å². The Labute approximate surface area is 176 Å². The SMILES string of the molecule is CCN(CC)c1ccc2c(C)c(/C=C/C(=O)NCCc3ccncc3)c(=O)oc2c1. The van der Waals surface area contributed by atoms with E-state index in [0.717, 1.165) is 35.3 Å². The van der Waals surface area contributed by atoms with Crippen molar-refractivity contribution in [3.8, 4) is 0 Å². The molecule has 6 heteroatoms. The lowest BCUT2D eigenvalue weighted by atomic mass is 10.0. The quantitative estimate of drug-likeness (QED) is 0.457. The van der Waals surface area contributed by atoms with Crippen LogP contribution in [-0.4, -0.2) is 30.5 Å². The summed E-state index contributed by atoms with van der Waals surface area (Å²) in [7, 11) is 0. The average Bonchev–Trinajstić information content (AvgIpc) is 2.75. The number of benzene rings is 1. The molecule has 6 nitrogen and oxygen atoms in total. The van der Waals surface area contributed by atoms with Crippen molar-refractivity contribution in [1.29, 1.82) is 0 Å². The molecule has 0 saturated heterocycles. The highest BCUT2D eigenvalue weighted by molar-refractivity contribution is 5.93. The van der Waals surface area contributed by atoms with Crippen molar-refractivity contribution in [1.82, 2.24) is 10.3 Å². The zero-order valence-electron chi connectivity index (χ0n) is 17.6. The van der Waals surface area contributed by atoms with Crippen molar-refractivity contribution in [2.24, 2.45) is 0 Å². The van der Waals surface area contributed by atoms with Gasteiger partial charge in [-0.05, 0) is 68.7 Å². The van der Waals surface area contributed by atoms with Gasteiger partial charge in [0.2, 0.25) is 5.91 Å². The fourth-order valence-electron chi connectivity index (χ4n) is 3.43. The van der Waals surface area contributed by atoms with Gasteiger partial charge in [0.15, 0.2) is 0 Å². The lowest BCUT2D eigenvalue weighted by Crippen LogP contribution is -2.23. The van der Waals surface area contributed by atoms with E-state index in [4.69, 9.17) is 4.42 Å². The predicted molar refractivity (Wildman–Crippen MR) is 121 cm³/mol. The number of nitrogens with zero attached hydrogens (tertiary/aromatic N) is 2. The zero-order chi connectivity index (χ0) is 21.5. The standard InChI is InChI=1S/C24H27N3O3/c1-4-27(5-2)19-6-7-20-17(3)21(24(29)30-22(20)16-19)8-9-23(28)26-15-12-18-10-13-25-14-11-18/h6-11,13-14,16H,4-5,12,15H2,1-3H3,(H,26,28)/b9-8+. The number of carbonyl (C=O) groups is 1. The number of aromatic nitrogens is 1. The maximum absolute atomic E-state index is 12.5. The Morgan fingerprint density at radius 3 is 2.60 bits per heavy atom. The molecule has 0 atom stereocenters. The number of nitrogens with one attached hydrogen (secondary N) is 1. The van der Waals surface area contributed by atoms with Crippen LogP contribution in [0.1, 0.15) is 30.5 Å². The van der Waals surface area contributed by atoms with E-state index in [-0.39, 0.29) is 5.91 Å². The lowest BCUT2D eigenvalue weighted by molar-refractivity contribution is -0.116. The Morgan fingerprint density at radius 1 is 1.17 bits per heavy atom. The molecule has 0 saturated carbocycles. The smallest absolute Gasteiger partial charge is 0.343 e. The van der Waals surface area contributed by atoms with Crippen LogP contribution in [0.5, 0.6) is 0 Å². The van der Waals surface area contributed by atoms with E-state index >= 15 is 0 Å². The Kier molecular flexibility index (Phi) is 7.01. The van der Waals surface area contributed by atoms with Gasteiger partial charge in [-0.25, -0.2) is 4.79 Å². The number of hydrogen-bond donors (Lipinski definition) is 1. The van der Waals surface area contributed by atoms with E-state index in [2.05, 4.69) is 29.0 Å². The molecule has 156 valence electrons. The molecule has 2 heterocycles. The number of carbonyl (C=O) groups excluding carboxylic acids is 1. The molecule has 0 aliphatic heterocycles. The fourth-order valence-corrected chi connectivity index (χ4v) is 3.43. The molecule has 1 amide bonds. The first kappa shape index (κ1) is 21.3. The van der Waals surface area contributed by atoms with Crippen molar-refractivity contribution in [2.45, 2.75) is 27.2 Å². The van der Waals surface area contributed by atoms with Crippen molar-refractivity contribution in [3.05, 3.63) is 75.9 Å². The van der Waals surface area contributed by atoms with Gasteiger partial charge in [0.1, 0.15) is 5.58 Å². The number of hydrogen-bond acceptors (Lipinski definition) is 5. The minimum Gasteiger partial charge on any atom is -0.422 e. The van der Waals surface area contributed by atoms with E-state index in [1.54, 1.807) is 12.4 Å². The van der Waals surface area contributed by atoms with Crippen LogP contribution in [-0.2, 0) is 11.2 Å². The summed E-state index contributed by atoms with van der Waals surface area (Å²) in [6, 6.07) is 9.72. The number of aryl methyl sites for hydroxylation is 1. The molecule has 0 unspecified atom stereocenters. The molecule has 0 bridgehead atoms. The summed E-state index contributed by atoms with van der Waals surface area (Å²) in [6.07, 6.45) is 7.07. The lowest BCUT2D eigenvalue weighted by Gasteiger charge is -2.21. The van der Waals surface area contributed by atoms with Crippen molar-refractivity contribution < 1.29 is 9.21 Å². The highest BCUT2D eigenvalue weighted by atomic mass is 16.4. The van der Waals surface area contributed by atoms with Crippen molar-refractivity contribution in [2.75, 3.05) is 24.5 Å². The van der Waals surface area contributed by atoms with Crippen LogP contribution in [0.15, 0.2) is 58.0 Å². The van der Waals surface area contributed by atoms with Gasteiger partial charge in [-0.15, -0.1) is 0 Å². The van der Waals surface area contributed by atoms with Crippen LogP contribution in [0.2, 0.25) is 0 Å². The van der Waals surface area contributed by atoms with E-state index in [1.807, 2.05) is 37.3 Å². The van der Waals surface area contributed by atoms with Gasteiger partial charge < -0.3 is 14.6 Å². The minimum atomic E-state index is -0.447. The summed E-state index contributed by atoms with van der Waals surface area (Å²) >= 11 is 0. The largest absolute Gasteiger partial charge is 0.422 e. The zero-order valence-corrected chi connectivity index (χ0v) is 17.6. The minimum absolute atomic E-state index is 0.250. The molecule has 3 rings (SSSR count). The van der Waals surface area contributed by atoms with E-state index in [9.17, 15) is 9.59 Å². The van der Waals surface area contributed by atoms with Crippen LogP contribution in [0, 0.1) is 6.92 Å². The molecule has 1 N–H and O–H groups in total. The molecule has 1 aromatic carbocycles. The molecule has 30 heavy (non-hydrogen) atoms. The highest BCUT2D eigenvalue weighted by Gasteiger charge is 2.11. The number of anilines is 1. The van der Waals surface area contributed by atoms with Crippen molar-refractivity contribution >= 4 is 28.6 Å². The highest BCUT2D eigenvalue weighted by Crippen LogP contribution is 2.25. The fraction of sp³-hybridized carbons (Fsp3) is 0.292. The molecule has 3 aromatic rings. The van der Waals surface area contributed by atoms with Crippen LogP contribution < -0.4 is 15.8 Å². The van der Waals surface area contributed by atoms with Gasteiger partial charge >= 0.3 is 5.63 Å². The second kappa shape index (κ2) is 9.87. The van der Waals surface area contributed by atoms with Gasteiger partial charge in [0, 0.05) is 55.2 Å². The van der Waals surface area contributed by atoms with Crippen molar-refractivity contribution in [3.63, 3.8) is 0 Å². The maximum Gasteiger partial charge on any atom is 0.343 e. The first-order valence-electron chi connectivity index (χ1n) is 10.2. The molecule has 0 fully saturated rings. The summed E-state index contributed by atoms with van der Waals surface area (Å²) in [6.45, 7) is 8.31. The van der Waals surface area contributed by atoms with Gasteiger partial charge in [0.25, 0.3) is 0 Å². The second-order valence-electron chi connectivity index (χ2n) is 7.01. The Morgan fingerprint density at radius 2 is 1.90 bits per heavy atom. The van der Waals surface area contributed by atoms with E-state index in [1.165, 1.54) is 12.2 Å². The molecular weight excluding hydrogens is 378 g/mol. The maximum atomic E-state index is 12.5. The first-order chi connectivity index (χ1) is 14.5. The molecule has 0 aliphatic carbocycles. The number of amides is 1. The third-order valence-corrected chi connectivity index (χ3v) is 5.19. The van der Waals surface area contributed by atoms with Gasteiger partial charge in [-0.3, -0.25) is 9.78 Å². The monoisotopic (exact) mass is 405 g/mol. The second-order valence-corrected chi connectivity index (χ2v) is 7.01. The summed E-state index contributed by atoms with van der Waals surface area (Å²) in [5.74, 6) is -0.250. The van der Waals surface area contributed by atoms with Gasteiger partial charge in [0.05, 0.1) is 5.56 Å². The Bertz CT molecular complexity index is 1100. The average molecular weight is 405 g/mol. The third kappa shape index (κ3) is 4.95. The molecule has 0 aliphatic rings. The van der Waals surface area contributed by atoms with Crippen LogP contribution in [0.4, 0.5) is 5.69 Å². The third-order valence-electron chi connectivity index (χ3n) is 5.19. The predicted octanol–water partition coefficient (Wildman–Crippen LogP) is 3.71. The Hall–Kier alpha value is -3.41. The summed E-state index contributed by atoms with van der Waals surface area (Å²) in [5, 5.41) is 3.69. The van der Waals surface area contributed by atoms with Crippen LogP contribution in [0.25, 0.3) is 17.0 Å². The normalized spacial score (nSPS) is 11.2. The molecule has 2 aromatic heterocycles. The number of rotatable bonds is 8. The van der Waals surface area contributed by atoms with Crippen LogP contribution >= 0.6 is 0 Å². The van der Waals surface area contributed by atoms with Gasteiger partial charge in [-0.1, -0.05) is 0 Å². The summed E-state index contributed by atoms with van der Waals surface area (Å²) in [5.41, 5.74) is 3.42. The first-order valence-corrected chi connectivity index (χ1v) is 10.2. The Balaban J connectivity index is 1.74. The number of fused-ring (bicyclic) bond motifs is 1. The van der Waals surface area contributed by atoms with Crippen LogP contribution in [0.3, 0.4) is 0 Å². The summed E-state index contributed by atoms with van der Waals surface area (Å²) in [4.78, 5) is 30.8. The topological polar surface area (TPSA) is 75.4 Å². The van der Waals surface area contributed by atoms with Gasteiger partial charge in [-0.2, -0.15) is 0 Å².